The number of hydrogen-bond donors (Lipinski definition) is 0. The molecular formula is C16H22F2S. The third kappa shape index (κ3) is 4.48. The van der Waals surface area contributed by atoms with Crippen LogP contribution in [0.1, 0.15) is 56.9 Å². The maximum atomic E-state index is 12.3. The molecule has 1 fully saturated rings. The first kappa shape index (κ1) is 14.8. The summed E-state index contributed by atoms with van der Waals surface area (Å²) in [5, 5.41) is 0. The highest BCUT2D eigenvalue weighted by Gasteiger charge is 2.21. The number of benzene rings is 1. The lowest BCUT2D eigenvalue weighted by atomic mass is 9.77. The number of alkyl halides is 2. The summed E-state index contributed by atoms with van der Waals surface area (Å²) in [5.74, 6) is -0.774. The van der Waals surface area contributed by atoms with Crippen molar-refractivity contribution in [1.29, 1.82) is 0 Å². The van der Waals surface area contributed by atoms with Crippen molar-refractivity contribution in [2.45, 2.75) is 62.0 Å². The highest BCUT2D eigenvalue weighted by molar-refractivity contribution is 7.99. The molecule has 1 aliphatic carbocycles. The van der Waals surface area contributed by atoms with Gasteiger partial charge < -0.3 is 0 Å². The molecule has 106 valence electrons. The Hall–Kier alpha value is -0.570. The van der Waals surface area contributed by atoms with Crippen LogP contribution in [-0.2, 0) is 0 Å². The van der Waals surface area contributed by atoms with E-state index >= 15 is 0 Å². The standard InChI is InChI=1S/C16H22F2S/c1-2-3-12-4-6-13(7-5-12)14-8-10-15(11-9-14)19-16(17)18/h8-13,16H,2-7H2,1H3. The van der Waals surface area contributed by atoms with E-state index in [2.05, 4.69) is 6.92 Å². The van der Waals surface area contributed by atoms with Crippen molar-refractivity contribution in [1.82, 2.24) is 0 Å². The zero-order valence-electron chi connectivity index (χ0n) is 11.4. The molecule has 0 atom stereocenters. The molecule has 0 heterocycles. The summed E-state index contributed by atoms with van der Waals surface area (Å²) in [5.41, 5.74) is 1.33. The van der Waals surface area contributed by atoms with Crippen LogP contribution < -0.4 is 0 Å². The van der Waals surface area contributed by atoms with Crippen LogP contribution in [-0.4, -0.2) is 5.76 Å². The summed E-state index contributed by atoms with van der Waals surface area (Å²) in [7, 11) is 0. The Kier molecular flexibility index (Phi) is 5.68. The molecule has 0 unspecified atom stereocenters. The number of halogens is 2. The van der Waals surface area contributed by atoms with Crippen molar-refractivity contribution in [2.24, 2.45) is 5.92 Å². The smallest absolute Gasteiger partial charge is 0.198 e. The third-order valence-corrected chi connectivity index (χ3v) is 4.84. The monoisotopic (exact) mass is 284 g/mol. The van der Waals surface area contributed by atoms with E-state index in [1.54, 1.807) is 0 Å². The van der Waals surface area contributed by atoms with Crippen LogP contribution in [0.2, 0.25) is 0 Å². The molecule has 0 radical (unpaired) electrons. The lowest BCUT2D eigenvalue weighted by Gasteiger charge is -2.28. The summed E-state index contributed by atoms with van der Waals surface area (Å²) in [4.78, 5) is 0.665. The summed E-state index contributed by atoms with van der Waals surface area (Å²) in [6.45, 7) is 2.26. The summed E-state index contributed by atoms with van der Waals surface area (Å²) >= 11 is 0.627. The molecule has 0 N–H and O–H groups in total. The summed E-state index contributed by atoms with van der Waals surface area (Å²) in [6.07, 6.45) is 7.81. The van der Waals surface area contributed by atoms with Crippen molar-refractivity contribution in [3.63, 3.8) is 0 Å². The lowest BCUT2D eigenvalue weighted by Crippen LogP contribution is -2.13. The zero-order chi connectivity index (χ0) is 13.7. The third-order valence-electron chi connectivity index (χ3n) is 4.12. The van der Waals surface area contributed by atoms with Gasteiger partial charge in [-0.3, -0.25) is 0 Å². The average molecular weight is 284 g/mol. The minimum absolute atomic E-state index is 0.627. The first-order valence-electron chi connectivity index (χ1n) is 7.23. The maximum absolute atomic E-state index is 12.3. The van der Waals surface area contributed by atoms with E-state index in [-0.39, 0.29) is 0 Å². The Labute approximate surface area is 119 Å². The zero-order valence-corrected chi connectivity index (χ0v) is 12.3. The molecule has 0 bridgehead atoms. The van der Waals surface area contributed by atoms with Crippen LogP contribution >= 0.6 is 11.8 Å². The van der Waals surface area contributed by atoms with E-state index in [0.717, 1.165) is 5.92 Å². The maximum Gasteiger partial charge on any atom is 0.288 e. The SMILES string of the molecule is CCCC1CCC(c2ccc(SC(F)F)cc2)CC1. The second-order valence-electron chi connectivity index (χ2n) is 5.45. The van der Waals surface area contributed by atoms with Gasteiger partial charge >= 0.3 is 0 Å². The molecule has 1 aliphatic rings. The molecule has 19 heavy (non-hydrogen) atoms. The lowest BCUT2D eigenvalue weighted by molar-refractivity contribution is 0.252. The molecule has 1 aromatic rings. The molecule has 0 aromatic heterocycles. The minimum atomic E-state index is -2.32. The van der Waals surface area contributed by atoms with Crippen LogP contribution in [0.4, 0.5) is 8.78 Å². The fourth-order valence-electron chi connectivity index (χ4n) is 3.11. The largest absolute Gasteiger partial charge is 0.288 e. The van der Waals surface area contributed by atoms with Gasteiger partial charge in [-0.25, -0.2) is 0 Å². The van der Waals surface area contributed by atoms with Gasteiger partial charge in [-0.05, 0) is 55.2 Å². The number of thioether (sulfide) groups is 1. The van der Waals surface area contributed by atoms with Crippen molar-refractivity contribution in [3.8, 4) is 0 Å². The van der Waals surface area contributed by atoms with Gasteiger partial charge in [-0.2, -0.15) is 8.78 Å². The van der Waals surface area contributed by atoms with Crippen LogP contribution in [0.15, 0.2) is 29.2 Å². The van der Waals surface area contributed by atoms with E-state index < -0.39 is 5.76 Å². The van der Waals surface area contributed by atoms with Gasteiger partial charge in [0.1, 0.15) is 0 Å². The Morgan fingerprint density at radius 3 is 2.26 bits per heavy atom. The van der Waals surface area contributed by atoms with Crippen molar-refractivity contribution < 1.29 is 8.78 Å². The summed E-state index contributed by atoms with van der Waals surface area (Å²) < 4.78 is 24.5. The van der Waals surface area contributed by atoms with E-state index in [1.165, 1.54) is 44.1 Å². The average Bonchev–Trinajstić information content (AvgIpc) is 2.40. The second kappa shape index (κ2) is 7.28. The number of rotatable bonds is 5. The normalized spacial score (nSPS) is 23.8. The van der Waals surface area contributed by atoms with Gasteiger partial charge in [0, 0.05) is 4.90 Å². The number of hydrogen-bond acceptors (Lipinski definition) is 1. The first-order valence-corrected chi connectivity index (χ1v) is 8.11. The molecule has 3 heteroatoms. The van der Waals surface area contributed by atoms with Crippen LogP contribution in [0.25, 0.3) is 0 Å². The van der Waals surface area contributed by atoms with Crippen LogP contribution in [0.3, 0.4) is 0 Å². The van der Waals surface area contributed by atoms with Gasteiger partial charge in [0.2, 0.25) is 0 Å². The van der Waals surface area contributed by atoms with E-state index in [1.807, 2.05) is 24.3 Å². The predicted molar refractivity (Wildman–Crippen MR) is 77.9 cm³/mol. The Bertz CT molecular complexity index is 367. The molecule has 0 nitrogen and oxygen atoms in total. The Morgan fingerprint density at radius 1 is 1.11 bits per heavy atom. The fourth-order valence-corrected chi connectivity index (χ4v) is 3.61. The first-order chi connectivity index (χ1) is 9.19. The molecule has 0 saturated heterocycles. The minimum Gasteiger partial charge on any atom is -0.198 e. The molecule has 0 spiro atoms. The van der Waals surface area contributed by atoms with Crippen molar-refractivity contribution in [2.75, 3.05) is 0 Å². The van der Waals surface area contributed by atoms with Crippen molar-refractivity contribution in [3.05, 3.63) is 29.8 Å². The van der Waals surface area contributed by atoms with E-state index in [9.17, 15) is 8.78 Å². The highest BCUT2D eigenvalue weighted by Crippen LogP contribution is 2.38. The molecule has 2 rings (SSSR count). The molecule has 0 aliphatic heterocycles. The summed E-state index contributed by atoms with van der Waals surface area (Å²) in [6, 6.07) is 7.75. The molecular weight excluding hydrogens is 262 g/mol. The molecule has 1 aromatic carbocycles. The second-order valence-corrected chi connectivity index (χ2v) is 6.52. The van der Waals surface area contributed by atoms with Crippen LogP contribution in [0.5, 0.6) is 0 Å². The van der Waals surface area contributed by atoms with E-state index in [4.69, 9.17) is 0 Å². The predicted octanol–water partition coefficient (Wildman–Crippen LogP) is 6.08. The Morgan fingerprint density at radius 2 is 1.74 bits per heavy atom. The van der Waals surface area contributed by atoms with Gasteiger partial charge in [0.25, 0.3) is 5.76 Å². The molecule has 0 amide bonds. The van der Waals surface area contributed by atoms with Gasteiger partial charge in [0.15, 0.2) is 0 Å². The Balaban J connectivity index is 1.89. The van der Waals surface area contributed by atoms with Gasteiger partial charge in [-0.15, -0.1) is 0 Å². The quantitative estimate of drug-likeness (QED) is 0.591. The van der Waals surface area contributed by atoms with E-state index in [0.29, 0.717) is 22.6 Å². The van der Waals surface area contributed by atoms with Crippen molar-refractivity contribution >= 4 is 11.8 Å². The molecule has 1 saturated carbocycles. The van der Waals surface area contributed by atoms with Gasteiger partial charge in [-0.1, -0.05) is 43.7 Å². The highest BCUT2D eigenvalue weighted by atomic mass is 32.2. The topological polar surface area (TPSA) is 0 Å². The van der Waals surface area contributed by atoms with Crippen LogP contribution in [0, 0.1) is 5.92 Å². The fraction of sp³-hybridized carbons (Fsp3) is 0.625. The van der Waals surface area contributed by atoms with Gasteiger partial charge in [0.05, 0.1) is 0 Å².